The van der Waals surface area contributed by atoms with Crippen LogP contribution in [-0.4, -0.2) is 37.3 Å². The lowest BCUT2D eigenvalue weighted by molar-refractivity contribution is 0.396. The number of methoxy groups -OCH3 is 2. The van der Waals surface area contributed by atoms with E-state index < -0.39 is 19.9 Å². The molecule has 2 aromatic rings. The molecule has 0 aliphatic carbocycles. The molecule has 0 heterocycles. The fourth-order valence-corrected chi connectivity index (χ4v) is 3.94. The van der Waals surface area contributed by atoms with Gasteiger partial charge in [0, 0.05) is 12.3 Å². The molecule has 2 aromatic carbocycles. The molecule has 0 fully saturated rings. The molecule has 0 aliphatic heterocycles. The Hall–Kier alpha value is -1.97. The molecule has 0 aromatic heterocycles. The van der Waals surface area contributed by atoms with Crippen molar-refractivity contribution in [3.05, 3.63) is 41.4 Å². The Kier molecular flexibility index (Phi) is 5.50. The molecule has 0 aliphatic rings. The third kappa shape index (κ3) is 4.36. The van der Waals surface area contributed by atoms with Crippen molar-refractivity contribution in [1.29, 1.82) is 0 Å². The first-order chi connectivity index (χ1) is 11.6. The summed E-state index contributed by atoms with van der Waals surface area (Å²) >= 11 is 6.02. The van der Waals surface area contributed by atoms with Crippen LogP contribution < -0.4 is 14.2 Å². The molecule has 0 spiro atoms. The predicted octanol–water partition coefficient (Wildman–Crippen LogP) is 2.56. The summed E-state index contributed by atoms with van der Waals surface area (Å²) in [5.41, 5.74) is 0.125. The minimum atomic E-state index is -3.97. The Morgan fingerprint density at radius 2 is 1.40 bits per heavy atom. The first kappa shape index (κ1) is 19.4. The zero-order valence-corrected chi connectivity index (χ0v) is 16.0. The standard InChI is InChI=1S/C15H16ClNO6S2/c1-22-14-9-15(23-2)13(8-12(14)16)17-25(20,21)11-6-4-10(5-7-11)24(3,18)19/h4-9,17H,1-3H3. The van der Waals surface area contributed by atoms with Crippen molar-refractivity contribution in [3.63, 3.8) is 0 Å². The van der Waals surface area contributed by atoms with Gasteiger partial charge >= 0.3 is 0 Å². The van der Waals surface area contributed by atoms with Gasteiger partial charge in [0.1, 0.15) is 11.5 Å². The molecule has 25 heavy (non-hydrogen) atoms. The van der Waals surface area contributed by atoms with Crippen molar-refractivity contribution in [1.82, 2.24) is 0 Å². The van der Waals surface area contributed by atoms with E-state index in [1.807, 2.05) is 0 Å². The number of rotatable bonds is 6. The molecule has 0 unspecified atom stereocenters. The Morgan fingerprint density at radius 3 is 1.88 bits per heavy atom. The number of ether oxygens (including phenoxy) is 2. The second-order valence-corrected chi connectivity index (χ2v) is 9.14. The van der Waals surface area contributed by atoms with E-state index in [-0.39, 0.29) is 26.3 Å². The van der Waals surface area contributed by atoms with E-state index in [1.54, 1.807) is 0 Å². The minimum Gasteiger partial charge on any atom is -0.495 e. The topological polar surface area (TPSA) is 98.8 Å². The summed E-state index contributed by atoms with van der Waals surface area (Å²) in [4.78, 5) is -0.0783. The van der Waals surface area contributed by atoms with E-state index in [4.69, 9.17) is 21.1 Å². The highest BCUT2D eigenvalue weighted by atomic mass is 35.5. The fourth-order valence-electron chi connectivity index (χ4n) is 2.01. The van der Waals surface area contributed by atoms with E-state index in [9.17, 15) is 16.8 Å². The van der Waals surface area contributed by atoms with Gasteiger partial charge in [-0.05, 0) is 30.3 Å². The number of hydrogen-bond acceptors (Lipinski definition) is 6. The number of benzene rings is 2. The van der Waals surface area contributed by atoms with Gasteiger partial charge in [0.2, 0.25) is 0 Å². The highest BCUT2D eigenvalue weighted by Crippen LogP contribution is 2.36. The monoisotopic (exact) mass is 405 g/mol. The van der Waals surface area contributed by atoms with Crippen LogP contribution in [0.25, 0.3) is 0 Å². The number of sulfonamides is 1. The molecule has 136 valence electrons. The molecule has 0 saturated carbocycles. The van der Waals surface area contributed by atoms with Gasteiger partial charge in [0.25, 0.3) is 10.0 Å². The summed E-state index contributed by atoms with van der Waals surface area (Å²) in [5, 5.41) is 0.202. The fraction of sp³-hybridized carbons (Fsp3) is 0.200. The minimum absolute atomic E-state index is 0.0246. The van der Waals surface area contributed by atoms with Gasteiger partial charge in [0.05, 0.1) is 34.7 Å². The maximum atomic E-state index is 12.5. The summed E-state index contributed by atoms with van der Waals surface area (Å²) < 4.78 is 60.5. The second kappa shape index (κ2) is 7.11. The Balaban J connectivity index is 2.40. The summed E-state index contributed by atoms with van der Waals surface area (Å²) in [6.07, 6.45) is 1.04. The maximum absolute atomic E-state index is 12.5. The van der Waals surface area contributed by atoms with Crippen LogP contribution in [0.2, 0.25) is 5.02 Å². The van der Waals surface area contributed by atoms with Crippen molar-refractivity contribution in [3.8, 4) is 11.5 Å². The Morgan fingerprint density at radius 1 is 0.880 bits per heavy atom. The van der Waals surface area contributed by atoms with Gasteiger partial charge in [-0.25, -0.2) is 16.8 Å². The van der Waals surface area contributed by atoms with Gasteiger partial charge in [-0.1, -0.05) is 11.6 Å². The number of hydrogen-bond donors (Lipinski definition) is 1. The molecular formula is C15H16ClNO6S2. The average Bonchev–Trinajstić information content (AvgIpc) is 2.54. The Labute approximate surface area is 151 Å². The predicted molar refractivity (Wildman–Crippen MR) is 94.9 cm³/mol. The molecule has 0 bridgehead atoms. The van der Waals surface area contributed by atoms with Crippen LogP contribution >= 0.6 is 11.6 Å². The molecule has 0 atom stereocenters. The van der Waals surface area contributed by atoms with Crippen LogP contribution in [0.4, 0.5) is 5.69 Å². The quantitative estimate of drug-likeness (QED) is 0.792. The first-order valence-electron chi connectivity index (χ1n) is 6.83. The highest BCUT2D eigenvalue weighted by molar-refractivity contribution is 7.92. The van der Waals surface area contributed by atoms with Gasteiger partial charge in [-0.15, -0.1) is 0 Å². The van der Waals surface area contributed by atoms with Gasteiger partial charge in [-0.3, -0.25) is 4.72 Å². The molecular weight excluding hydrogens is 390 g/mol. The van der Waals surface area contributed by atoms with Crippen molar-refractivity contribution >= 4 is 37.1 Å². The lowest BCUT2D eigenvalue weighted by atomic mass is 10.3. The Bertz CT molecular complexity index is 985. The van der Waals surface area contributed by atoms with Crippen molar-refractivity contribution in [2.45, 2.75) is 9.79 Å². The molecule has 0 radical (unpaired) electrons. The molecule has 0 amide bonds. The first-order valence-corrected chi connectivity index (χ1v) is 10.6. The van der Waals surface area contributed by atoms with Crippen molar-refractivity contribution in [2.75, 3.05) is 25.2 Å². The third-order valence-electron chi connectivity index (χ3n) is 3.28. The molecule has 10 heteroatoms. The van der Waals surface area contributed by atoms with Gasteiger partial charge in [-0.2, -0.15) is 0 Å². The molecule has 7 nitrogen and oxygen atoms in total. The maximum Gasteiger partial charge on any atom is 0.262 e. The summed E-state index contributed by atoms with van der Waals surface area (Å²) in [5.74, 6) is 0.552. The van der Waals surface area contributed by atoms with Crippen LogP contribution in [0, 0.1) is 0 Å². The molecule has 1 N–H and O–H groups in total. The van der Waals surface area contributed by atoms with Crippen LogP contribution in [0.5, 0.6) is 11.5 Å². The van der Waals surface area contributed by atoms with E-state index in [0.717, 1.165) is 6.26 Å². The van der Waals surface area contributed by atoms with Crippen LogP contribution in [0.1, 0.15) is 0 Å². The van der Waals surface area contributed by atoms with Gasteiger partial charge < -0.3 is 9.47 Å². The second-order valence-electron chi connectivity index (χ2n) is 5.04. The van der Waals surface area contributed by atoms with E-state index in [1.165, 1.54) is 50.6 Å². The number of anilines is 1. The smallest absolute Gasteiger partial charge is 0.262 e. The van der Waals surface area contributed by atoms with Gasteiger partial charge in [0.15, 0.2) is 9.84 Å². The molecule has 0 saturated heterocycles. The number of nitrogens with one attached hydrogen (secondary N) is 1. The highest BCUT2D eigenvalue weighted by Gasteiger charge is 2.19. The summed E-state index contributed by atoms with van der Waals surface area (Å²) in [6, 6.07) is 7.67. The normalized spacial score (nSPS) is 11.8. The van der Waals surface area contributed by atoms with E-state index in [2.05, 4.69) is 4.72 Å². The number of halogens is 1. The SMILES string of the molecule is COc1cc(OC)c(NS(=O)(=O)c2ccc(S(C)(=O)=O)cc2)cc1Cl. The largest absolute Gasteiger partial charge is 0.495 e. The zero-order chi connectivity index (χ0) is 18.8. The zero-order valence-electron chi connectivity index (χ0n) is 13.6. The summed E-state index contributed by atoms with van der Waals surface area (Å²) in [6.45, 7) is 0. The average molecular weight is 406 g/mol. The lowest BCUT2D eigenvalue weighted by Gasteiger charge is -2.14. The van der Waals surface area contributed by atoms with E-state index in [0.29, 0.717) is 5.75 Å². The van der Waals surface area contributed by atoms with Crippen molar-refractivity contribution in [2.24, 2.45) is 0 Å². The summed E-state index contributed by atoms with van der Waals surface area (Å²) in [7, 11) is -4.58. The van der Waals surface area contributed by atoms with Crippen molar-refractivity contribution < 1.29 is 26.3 Å². The third-order valence-corrected chi connectivity index (χ3v) is 6.09. The van der Waals surface area contributed by atoms with Crippen LogP contribution in [0.15, 0.2) is 46.2 Å². The number of sulfone groups is 1. The van der Waals surface area contributed by atoms with Crippen LogP contribution in [-0.2, 0) is 19.9 Å². The lowest BCUT2D eigenvalue weighted by Crippen LogP contribution is -2.14. The van der Waals surface area contributed by atoms with Crippen LogP contribution in [0.3, 0.4) is 0 Å². The molecule has 2 rings (SSSR count). The van der Waals surface area contributed by atoms with E-state index >= 15 is 0 Å².